The van der Waals surface area contributed by atoms with Gasteiger partial charge in [-0.05, 0) is 42.8 Å². The molecule has 2 aromatic carbocycles. The van der Waals surface area contributed by atoms with Gasteiger partial charge in [0.05, 0.1) is 39.5 Å². The van der Waals surface area contributed by atoms with Crippen molar-refractivity contribution in [2.24, 2.45) is 5.73 Å². The fraction of sp³-hybridized carbons (Fsp3) is 0.231. The Kier molecular flexibility index (Phi) is 15.1. The van der Waals surface area contributed by atoms with Crippen LogP contribution in [-0.4, -0.2) is 46.9 Å². The van der Waals surface area contributed by atoms with Gasteiger partial charge in [-0.1, -0.05) is 56.1 Å². The zero-order valence-corrected chi connectivity index (χ0v) is 23.8. The summed E-state index contributed by atoms with van der Waals surface area (Å²) < 4.78 is 8.39. The van der Waals surface area contributed by atoms with E-state index in [4.69, 9.17) is 44.8 Å². The quantitative estimate of drug-likeness (QED) is 0.161. The summed E-state index contributed by atoms with van der Waals surface area (Å²) in [5, 5.41) is 29.9. The van der Waals surface area contributed by atoms with Crippen LogP contribution in [0.3, 0.4) is 0 Å². The Morgan fingerprint density at radius 3 is 2.05 bits per heavy atom. The van der Waals surface area contributed by atoms with E-state index >= 15 is 0 Å². The largest absolute Gasteiger partial charge is 0.506 e. The van der Waals surface area contributed by atoms with Crippen LogP contribution in [0.15, 0.2) is 63.2 Å². The third-order valence-electron chi connectivity index (χ3n) is 4.61. The number of hydrogen-bond donors (Lipinski definition) is 4. The highest BCUT2D eigenvalue weighted by atomic mass is 79.9. The lowest BCUT2D eigenvalue weighted by atomic mass is 10.1. The number of rotatable bonds is 7. The third-order valence-corrected chi connectivity index (χ3v) is 5.67. The highest BCUT2D eigenvalue weighted by Gasteiger charge is 2.16. The van der Waals surface area contributed by atoms with Crippen molar-refractivity contribution in [3.05, 3.63) is 91.6 Å². The molecule has 38 heavy (non-hydrogen) atoms. The van der Waals surface area contributed by atoms with Crippen LogP contribution in [0.2, 0.25) is 0 Å². The van der Waals surface area contributed by atoms with Gasteiger partial charge in [0.25, 0.3) is 5.69 Å². The monoisotopic (exact) mass is 643 g/mol. The fourth-order valence-corrected chi connectivity index (χ4v) is 3.34. The minimum Gasteiger partial charge on any atom is -0.506 e. The van der Waals surface area contributed by atoms with Gasteiger partial charge >= 0.3 is 5.70 Å². The number of halogens is 2. The van der Waals surface area contributed by atoms with Gasteiger partial charge in [0.2, 0.25) is 0 Å². The number of hydrogen-bond acceptors (Lipinski definition) is 7. The van der Waals surface area contributed by atoms with Gasteiger partial charge in [0.1, 0.15) is 17.3 Å². The molecule has 0 saturated carbocycles. The summed E-state index contributed by atoms with van der Waals surface area (Å²) in [5.41, 5.74) is 13.2. The predicted molar refractivity (Wildman–Crippen MR) is 154 cm³/mol. The number of aliphatic hydroxyl groups is 2. The van der Waals surface area contributed by atoms with Crippen LogP contribution in [0.25, 0.3) is 26.7 Å². The molecular weight excluding hydrogens is 618 g/mol. The highest BCUT2D eigenvalue weighted by Crippen LogP contribution is 2.35. The van der Waals surface area contributed by atoms with Gasteiger partial charge in [-0.25, -0.2) is 15.0 Å². The Hall–Kier alpha value is -3.70. The zero-order chi connectivity index (χ0) is 28.5. The molecule has 12 heteroatoms. The lowest BCUT2D eigenvalue weighted by molar-refractivity contribution is 0.270. The van der Waals surface area contributed by atoms with E-state index in [2.05, 4.69) is 46.6 Å². The van der Waals surface area contributed by atoms with Crippen LogP contribution in [0.5, 0.6) is 0 Å². The van der Waals surface area contributed by atoms with Crippen LogP contribution in [0.4, 0.5) is 11.5 Å². The van der Waals surface area contributed by atoms with Crippen molar-refractivity contribution in [2.75, 3.05) is 32.6 Å². The average Bonchev–Trinajstić information content (AvgIpc) is 3.24. The van der Waals surface area contributed by atoms with Crippen LogP contribution < -0.4 is 11.5 Å². The Bertz CT molecular complexity index is 1300. The summed E-state index contributed by atoms with van der Waals surface area (Å²) in [4.78, 5) is 6.53. The maximum atomic E-state index is 8.92. The number of nitrogen functional groups attached to an aromatic ring is 1. The molecular formula is C26H27Br2N7O3. The minimum absolute atomic E-state index is 0.0418. The molecule has 0 fully saturated rings. The van der Waals surface area contributed by atoms with Crippen LogP contribution >= 0.6 is 31.9 Å². The van der Waals surface area contributed by atoms with Crippen LogP contribution in [0, 0.1) is 24.5 Å². The van der Waals surface area contributed by atoms with Gasteiger partial charge in [0.15, 0.2) is 0 Å². The molecule has 0 aliphatic heterocycles. The summed E-state index contributed by atoms with van der Waals surface area (Å²) in [6, 6.07) is 16.5. The van der Waals surface area contributed by atoms with E-state index in [9.17, 15) is 0 Å². The molecule has 6 N–H and O–H groups in total. The van der Waals surface area contributed by atoms with Crippen molar-refractivity contribution in [1.29, 1.82) is 5.26 Å². The Morgan fingerprint density at radius 2 is 1.66 bits per heavy atom. The molecule has 1 heterocycles. The van der Waals surface area contributed by atoms with Gasteiger partial charge in [0, 0.05) is 21.1 Å². The van der Waals surface area contributed by atoms with Crippen molar-refractivity contribution in [1.82, 2.24) is 9.78 Å². The van der Waals surface area contributed by atoms with E-state index in [0.29, 0.717) is 29.2 Å². The van der Waals surface area contributed by atoms with Crippen molar-refractivity contribution < 1.29 is 14.9 Å². The van der Waals surface area contributed by atoms with Crippen molar-refractivity contribution in [2.45, 2.75) is 13.0 Å². The summed E-state index contributed by atoms with van der Waals surface area (Å²) in [7, 11) is 1.44. The number of nitrogens with two attached hydrogens (primary N) is 2. The Morgan fingerprint density at radius 1 is 1.08 bits per heavy atom. The first-order chi connectivity index (χ1) is 18.3. The Balaban J connectivity index is 0.000000327. The van der Waals surface area contributed by atoms with E-state index in [1.165, 1.54) is 11.8 Å². The standard InChI is InChI=1S/C12H11BrN4O.C11H7BrN2O.C3H9NO/c1-15-11-10(8-2-4-9(13)5-3-8)16-17(6-7-18)12(11)14;1-14-10(7-13)11(15-2)8-3-5-9(12)6-4-8;4-2-1-3-5/h2-5,18H,6-7,14H2;3-6H,2H3;5H,1-4H2/b;11-10+;. The van der Waals surface area contributed by atoms with Crippen molar-refractivity contribution >= 4 is 49.1 Å². The molecule has 3 aromatic rings. The molecule has 10 nitrogen and oxygen atoms in total. The van der Waals surface area contributed by atoms with Crippen molar-refractivity contribution in [3.63, 3.8) is 0 Å². The topological polar surface area (TPSA) is 152 Å². The second kappa shape index (κ2) is 17.7. The maximum Gasteiger partial charge on any atom is 0.303 e. The van der Waals surface area contributed by atoms with E-state index in [1.54, 1.807) is 18.2 Å². The molecule has 0 unspecified atom stereocenters. The normalized spacial score (nSPS) is 10.3. The predicted octanol–water partition coefficient (Wildman–Crippen LogP) is 4.97. The number of anilines is 1. The van der Waals surface area contributed by atoms with Crippen molar-refractivity contribution in [3.8, 4) is 17.3 Å². The number of aliphatic hydroxyl groups excluding tert-OH is 2. The van der Waals surface area contributed by atoms with Crippen LogP contribution in [-0.2, 0) is 11.3 Å². The van der Waals surface area contributed by atoms with Gasteiger partial charge in [-0.2, -0.15) is 5.10 Å². The summed E-state index contributed by atoms with van der Waals surface area (Å²) in [6.07, 6.45) is 0.722. The number of ether oxygens (including phenoxy) is 1. The minimum atomic E-state index is -0.0664. The molecule has 0 bridgehead atoms. The molecule has 1 aromatic heterocycles. The summed E-state index contributed by atoms with van der Waals surface area (Å²) in [6.45, 7) is 15.1. The maximum absolute atomic E-state index is 8.92. The number of aromatic nitrogens is 2. The van der Waals surface area contributed by atoms with E-state index in [-0.39, 0.29) is 31.3 Å². The first-order valence-electron chi connectivity index (χ1n) is 11.0. The number of allylic oxidation sites excluding steroid dienone is 1. The molecule has 0 atom stereocenters. The van der Waals surface area contributed by atoms with E-state index in [0.717, 1.165) is 20.9 Å². The summed E-state index contributed by atoms with van der Waals surface area (Å²) >= 11 is 6.66. The third kappa shape index (κ3) is 9.64. The zero-order valence-electron chi connectivity index (χ0n) is 20.6. The number of benzene rings is 2. The SMILES string of the molecule is NCCCO.[C-]#[N+]/C(C#N)=C(/OC)c1ccc(Br)cc1.[C-]#[N+]c1c(-c2ccc(Br)cc2)nn(CCO)c1N. The van der Waals surface area contributed by atoms with Gasteiger partial charge in [-0.15, -0.1) is 0 Å². The van der Waals surface area contributed by atoms with E-state index in [1.807, 2.05) is 36.4 Å². The number of methoxy groups -OCH3 is 1. The average molecular weight is 645 g/mol. The van der Waals surface area contributed by atoms with Gasteiger partial charge < -0.3 is 26.4 Å². The molecule has 198 valence electrons. The lowest BCUT2D eigenvalue weighted by Gasteiger charge is -2.06. The smallest absolute Gasteiger partial charge is 0.303 e. The molecule has 0 radical (unpaired) electrons. The Labute approximate surface area is 238 Å². The molecule has 0 saturated heterocycles. The molecule has 0 amide bonds. The first kappa shape index (κ1) is 32.3. The first-order valence-corrected chi connectivity index (χ1v) is 12.6. The van der Waals surface area contributed by atoms with E-state index < -0.39 is 0 Å². The molecule has 0 aliphatic carbocycles. The summed E-state index contributed by atoms with van der Waals surface area (Å²) in [5.74, 6) is 0.594. The van der Waals surface area contributed by atoms with Gasteiger partial charge in [-0.3, -0.25) is 4.68 Å². The number of nitrogens with zero attached hydrogens (tertiary/aromatic N) is 5. The number of nitriles is 1. The molecule has 0 aliphatic rings. The molecule has 0 spiro atoms. The second-order valence-corrected chi connectivity index (χ2v) is 8.96. The fourth-order valence-electron chi connectivity index (χ4n) is 2.81. The highest BCUT2D eigenvalue weighted by molar-refractivity contribution is 9.10. The molecule has 3 rings (SSSR count). The van der Waals surface area contributed by atoms with Crippen LogP contribution in [0.1, 0.15) is 12.0 Å². The lowest BCUT2D eigenvalue weighted by Crippen LogP contribution is -2.07. The second-order valence-electron chi connectivity index (χ2n) is 7.13.